The number of rotatable bonds is 6. The van der Waals surface area contributed by atoms with Crippen molar-refractivity contribution in [3.8, 4) is 0 Å². The van der Waals surface area contributed by atoms with E-state index in [0.717, 1.165) is 19.3 Å². The SMILES string of the molecule is C=CCCC[C@](C)(NC)C(C)=O.CC.CC. The molecular weight excluding hydrogens is 198 g/mol. The number of likely N-dealkylation sites (N-methyl/N-ethyl adjacent to an activating group) is 1. The van der Waals surface area contributed by atoms with E-state index >= 15 is 0 Å². The molecule has 1 atom stereocenters. The van der Waals surface area contributed by atoms with Gasteiger partial charge in [-0.2, -0.15) is 0 Å². The molecule has 0 spiro atoms. The Balaban J connectivity index is -0.000000376. The van der Waals surface area contributed by atoms with Crippen LogP contribution < -0.4 is 5.32 Å². The van der Waals surface area contributed by atoms with Gasteiger partial charge in [-0.05, 0) is 40.2 Å². The number of nitrogens with one attached hydrogen (secondary N) is 1. The molecule has 0 aliphatic rings. The van der Waals surface area contributed by atoms with Crippen LogP contribution in [-0.2, 0) is 4.79 Å². The second-order valence-electron chi connectivity index (χ2n) is 3.32. The van der Waals surface area contributed by atoms with Crippen molar-refractivity contribution in [3.05, 3.63) is 12.7 Å². The van der Waals surface area contributed by atoms with Crippen molar-refractivity contribution in [2.24, 2.45) is 0 Å². The zero-order valence-corrected chi connectivity index (χ0v) is 12.3. The van der Waals surface area contributed by atoms with Gasteiger partial charge in [0, 0.05) is 0 Å². The third-order valence-corrected chi connectivity index (χ3v) is 2.41. The van der Waals surface area contributed by atoms with Crippen LogP contribution in [-0.4, -0.2) is 18.4 Å². The Morgan fingerprint density at radius 2 is 1.75 bits per heavy atom. The largest absolute Gasteiger partial charge is 0.308 e. The number of ketones is 1. The maximum Gasteiger partial charge on any atom is 0.149 e. The Morgan fingerprint density at radius 1 is 1.31 bits per heavy atom. The Hall–Kier alpha value is -0.630. The van der Waals surface area contributed by atoms with E-state index in [-0.39, 0.29) is 11.3 Å². The summed E-state index contributed by atoms with van der Waals surface area (Å²) in [7, 11) is 1.83. The van der Waals surface area contributed by atoms with E-state index in [2.05, 4.69) is 11.9 Å². The lowest BCUT2D eigenvalue weighted by Crippen LogP contribution is -2.46. The van der Waals surface area contributed by atoms with Crippen LogP contribution in [0.15, 0.2) is 12.7 Å². The fraction of sp³-hybridized carbons (Fsp3) is 0.786. The van der Waals surface area contributed by atoms with Crippen LogP contribution in [0.1, 0.15) is 60.8 Å². The third kappa shape index (κ3) is 9.91. The first-order chi connectivity index (χ1) is 7.56. The fourth-order valence-electron chi connectivity index (χ4n) is 1.08. The third-order valence-electron chi connectivity index (χ3n) is 2.41. The summed E-state index contributed by atoms with van der Waals surface area (Å²) in [6.45, 7) is 15.2. The van der Waals surface area contributed by atoms with Gasteiger partial charge in [-0.1, -0.05) is 33.8 Å². The number of Topliss-reactive ketones (excluding diaryl/α,β-unsaturated/α-hetero) is 1. The molecule has 0 saturated heterocycles. The molecule has 2 heteroatoms. The standard InChI is InChI=1S/C10H19NO.2C2H6/c1-5-6-7-8-10(3,11-4)9(2)12;2*1-2/h5,11H,1,6-8H2,2-4H3;2*1-2H3/t10-;;/m0../s1. The first-order valence-corrected chi connectivity index (χ1v) is 6.37. The molecule has 16 heavy (non-hydrogen) atoms. The van der Waals surface area contributed by atoms with Crippen molar-refractivity contribution in [1.82, 2.24) is 5.32 Å². The number of hydrogen-bond donors (Lipinski definition) is 1. The van der Waals surface area contributed by atoms with Crippen LogP contribution in [0.3, 0.4) is 0 Å². The molecule has 0 aliphatic heterocycles. The molecule has 0 aliphatic carbocycles. The van der Waals surface area contributed by atoms with E-state index in [1.54, 1.807) is 6.92 Å². The summed E-state index contributed by atoms with van der Waals surface area (Å²) in [6, 6.07) is 0. The van der Waals surface area contributed by atoms with Gasteiger partial charge < -0.3 is 5.32 Å². The van der Waals surface area contributed by atoms with Crippen molar-refractivity contribution in [2.75, 3.05) is 7.05 Å². The Kier molecular flexibility index (Phi) is 18.6. The van der Waals surface area contributed by atoms with E-state index < -0.39 is 0 Å². The highest BCUT2D eigenvalue weighted by atomic mass is 16.1. The summed E-state index contributed by atoms with van der Waals surface area (Å²) < 4.78 is 0. The minimum Gasteiger partial charge on any atom is -0.308 e. The van der Waals surface area contributed by atoms with Crippen LogP contribution in [0.5, 0.6) is 0 Å². The molecule has 0 radical (unpaired) electrons. The first kappa shape index (κ1) is 20.7. The first-order valence-electron chi connectivity index (χ1n) is 6.37. The molecule has 2 nitrogen and oxygen atoms in total. The maximum absolute atomic E-state index is 11.2. The summed E-state index contributed by atoms with van der Waals surface area (Å²) in [5.74, 6) is 0.203. The molecule has 0 aromatic rings. The van der Waals surface area contributed by atoms with E-state index in [0.29, 0.717) is 0 Å². The van der Waals surface area contributed by atoms with Crippen LogP contribution in [0.2, 0.25) is 0 Å². The van der Waals surface area contributed by atoms with Crippen LogP contribution in [0.4, 0.5) is 0 Å². The Morgan fingerprint density at radius 3 is 2.00 bits per heavy atom. The molecule has 0 bridgehead atoms. The Labute approximate surface area is 103 Å². The van der Waals surface area contributed by atoms with Gasteiger partial charge >= 0.3 is 0 Å². The lowest BCUT2D eigenvalue weighted by atomic mass is 9.91. The van der Waals surface area contributed by atoms with Gasteiger partial charge in [0.15, 0.2) is 0 Å². The van der Waals surface area contributed by atoms with Crippen molar-refractivity contribution in [2.45, 2.75) is 66.3 Å². The number of carbonyl (C=O) groups is 1. The average molecular weight is 229 g/mol. The molecular formula is C14H31NO. The molecule has 0 rings (SSSR count). The molecule has 0 fully saturated rings. The predicted molar refractivity (Wildman–Crippen MR) is 74.9 cm³/mol. The van der Waals surface area contributed by atoms with Gasteiger partial charge in [0.1, 0.15) is 5.78 Å². The molecule has 0 unspecified atom stereocenters. The fourth-order valence-corrected chi connectivity index (χ4v) is 1.08. The van der Waals surface area contributed by atoms with Crippen LogP contribution >= 0.6 is 0 Å². The summed E-state index contributed by atoms with van der Waals surface area (Å²) in [5, 5.41) is 3.05. The Bertz CT molecular complexity index is 166. The number of carbonyl (C=O) groups excluding carboxylic acids is 1. The van der Waals surface area contributed by atoms with Crippen molar-refractivity contribution < 1.29 is 4.79 Å². The summed E-state index contributed by atoms with van der Waals surface area (Å²) in [4.78, 5) is 11.2. The summed E-state index contributed by atoms with van der Waals surface area (Å²) in [6.07, 6.45) is 4.76. The molecule has 1 N–H and O–H groups in total. The van der Waals surface area contributed by atoms with Gasteiger partial charge in [-0.25, -0.2) is 0 Å². The van der Waals surface area contributed by atoms with Gasteiger partial charge in [-0.15, -0.1) is 6.58 Å². The molecule has 0 amide bonds. The maximum atomic E-state index is 11.2. The zero-order chi connectivity index (χ0) is 13.6. The number of unbranched alkanes of at least 4 members (excludes halogenated alkanes) is 1. The van der Waals surface area contributed by atoms with Gasteiger partial charge in [0.2, 0.25) is 0 Å². The van der Waals surface area contributed by atoms with Gasteiger partial charge in [0.05, 0.1) is 5.54 Å². The van der Waals surface area contributed by atoms with E-state index in [4.69, 9.17) is 0 Å². The van der Waals surface area contributed by atoms with E-state index in [9.17, 15) is 4.79 Å². The van der Waals surface area contributed by atoms with Crippen molar-refractivity contribution >= 4 is 5.78 Å². The zero-order valence-electron chi connectivity index (χ0n) is 12.3. The van der Waals surface area contributed by atoms with Crippen LogP contribution in [0, 0.1) is 0 Å². The smallest absolute Gasteiger partial charge is 0.149 e. The minimum absolute atomic E-state index is 0.203. The van der Waals surface area contributed by atoms with E-state index in [1.165, 1.54) is 0 Å². The molecule has 0 saturated carbocycles. The average Bonchev–Trinajstić information content (AvgIpc) is 2.34. The van der Waals surface area contributed by atoms with Gasteiger partial charge in [-0.3, -0.25) is 4.79 Å². The lowest BCUT2D eigenvalue weighted by Gasteiger charge is -2.25. The second kappa shape index (κ2) is 14.4. The highest BCUT2D eigenvalue weighted by Crippen LogP contribution is 2.14. The van der Waals surface area contributed by atoms with Crippen LogP contribution in [0.25, 0.3) is 0 Å². The molecule has 0 aromatic carbocycles. The quantitative estimate of drug-likeness (QED) is 0.552. The van der Waals surface area contributed by atoms with Crippen molar-refractivity contribution in [1.29, 1.82) is 0 Å². The summed E-state index contributed by atoms with van der Waals surface area (Å²) >= 11 is 0. The second-order valence-corrected chi connectivity index (χ2v) is 3.32. The monoisotopic (exact) mass is 229 g/mol. The highest BCUT2D eigenvalue weighted by molar-refractivity contribution is 5.85. The molecule has 98 valence electrons. The molecule has 0 heterocycles. The minimum atomic E-state index is -0.344. The predicted octanol–water partition coefficient (Wildman–Crippen LogP) is 3.96. The normalized spacial score (nSPS) is 12.2. The topological polar surface area (TPSA) is 29.1 Å². The molecule has 0 aromatic heterocycles. The highest BCUT2D eigenvalue weighted by Gasteiger charge is 2.26. The number of hydrogen-bond acceptors (Lipinski definition) is 2. The number of allylic oxidation sites excluding steroid dienone is 1. The summed E-state index contributed by atoms with van der Waals surface area (Å²) in [5.41, 5.74) is -0.344. The lowest BCUT2D eigenvalue weighted by molar-refractivity contribution is -0.122. The van der Waals surface area contributed by atoms with Gasteiger partial charge in [0.25, 0.3) is 0 Å². The van der Waals surface area contributed by atoms with Crippen molar-refractivity contribution in [3.63, 3.8) is 0 Å². The van der Waals surface area contributed by atoms with E-state index in [1.807, 2.05) is 47.7 Å².